The van der Waals surface area contributed by atoms with E-state index in [4.69, 9.17) is 9.47 Å². The normalized spacial score (nSPS) is 32.9. The van der Waals surface area contributed by atoms with E-state index in [0.717, 1.165) is 35.1 Å². The Morgan fingerprint density at radius 1 is 1.30 bits per heavy atom. The average Bonchev–Trinajstić information content (AvgIpc) is 2.66. The topological polar surface area (TPSA) is 76.0 Å². The molecule has 164 valence electrons. The van der Waals surface area contributed by atoms with Gasteiger partial charge in [0, 0.05) is 12.3 Å². The van der Waals surface area contributed by atoms with Gasteiger partial charge in [-0.25, -0.2) is 0 Å². The molecule has 5 atom stereocenters. The van der Waals surface area contributed by atoms with Crippen molar-refractivity contribution in [1.82, 2.24) is 0 Å². The summed E-state index contributed by atoms with van der Waals surface area (Å²) in [5.74, 6) is -1.09. The predicted molar refractivity (Wildman–Crippen MR) is 117 cm³/mol. The zero-order chi connectivity index (χ0) is 22.1. The van der Waals surface area contributed by atoms with Crippen LogP contribution in [-0.4, -0.2) is 46.7 Å². The molecule has 0 amide bonds. The third-order valence-electron chi connectivity index (χ3n) is 6.18. The summed E-state index contributed by atoms with van der Waals surface area (Å²) >= 11 is 0. The van der Waals surface area contributed by atoms with E-state index >= 15 is 0 Å². The summed E-state index contributed by atoms with van der Waals surface area (Å²) in [5, 5.41) is 19.9. The molecule has 30 heavy (non-hydrogen) atoms. The van der Waals surface area contributed by atoms with Crippen LogP contribution in [0, 0.1) is 5.92 Å². The summed E-state index contributed by atoms with van der Waals surface area (Å²) in [6.45, 7) is 11.4. The highest BCUT2D eigenvalue weighted by molar-refractivity contribution is 5.96. The molecule has 2 aliphatic heterocycles. The van der Waals surface area contributed by atoms with Crippen LogP contribution in [0.1, 0.15) is 53.4 Å². The summed E-state index contributed by atoms with van der Waals surface area (Å²) < 4.78 is 12.8. The highest BCUT2D eigenvalue weighted by atomic mass is 16.7. The van der Waals surface area contributed by atoms with Gasteiger partial charge in [0.15, 0.2) is 5.78 Å². The molecule has 2 N–H and O–H groups in total. The lowest BCUT2D eigenvalue weighted by atomic mass is 9.79. The molecule has 0 saturated heterocycles. The molecular formula is C25H34O5. The van der Waals surface area contributed by atoms with Crippen LogP contribution in [-0.2, 0) is 14.3 Å². The van der Waals surface area contributed by atoms with Crippen molar-refractivity contribution in [3.63, 3.8) is 0 Å². The standard InChI is InChI=1S/C25H34O5/c1-15(2)22(27)7-6-16(3)8-20-9-17(4)12-25(29-20)13-19(14-26)21-11-23(28)18(5)10-24(21)30-25/h8,10,12-13,20-22,24,26-27H,1,6-7,9,11,14H2,2-5H3/b16-8+/t20-,21-,22?,24-,25+/m0/s1. The number of hydrogen-bond acceptors (Lipinski definition) is 5. The Morgan fingerprint density at radius 3 is 2.70 bits per heavy atom. The second-order valence-corrected chi connectivity index (χ2v) is 9.03. The van der Waals surface area contributed by atoms with Gasteiger partial charge in [-0.2, -0.15) is 0 Å². The van der Waals surface area contributed by atoms with Crippen LogP contribution in [0.15, 0.2) is 58.7 Å². The fourth-order valence-electron chi connectivity index (χ4n) is 4.44. The number of aliphatic hydroxyl groups is 2. The van der Waals surface area contributed by atoms with Gasteiger partial charge in [-0.3, -0.25) is 4.79 Å². The maximum absolute atomic E-state index is 12.1. The van der Waals surface area contributed by atoms with Crippen LogP contribution >= 0.6 is 0 Å². The summed E-state index contributed by atoms with van der Waals surface area (Å²) in [6, 6.07) is 0. The van der Waals surface area contributed by atoms with Crippen molar-refractivity contribution in [3.8, 4) is 0 Å². The smallest absolute Gasteiger partial charge is 0.209 e. The number of carbonyl (C=O) groups excluding carboxylic acids is 1. The van der Waals surface area contributed by atoms with E-state index in [9.17, 15) is 15.0 Å². The number of rotatable bonds is 6. The van der Waals surface area contributed by atoms with Gasteiger partial charge in [0.25, 0.3) is 0 Å². The molecule has 5 nitrogen and oxygen atoms in total. The highest BCUT2D eigenvalue weighted by Gasteiger charge is 2.45. The molecule has 3 aliphatic rings. The SMILES string of the molecule is C=C(C)C(O)CC/C(C)=C/[C@H]1CC(C)=C[C@@]2(C=C(CO)[C@@H]3CC(=O)C(C)=C[C@@H]3O2)O1. The van der Waals surface area contributed by atoms with E-state index in [2.05, 4.69) is 19.6 Å². The molecule has 0 aromatic rings. The highest BCUT2D eigenvalue weighted by Crippen LogP contribution is 2.42. The van der Waals surface area contributed by atoms with Crippen molar-refractivity contribution in [3.05, 3.63) is 58.7 Å². The maximum atomic E-state index is 12.1. The molecular weight excluding hydrogens is 380 g/mol. The first-order chi connectivity index (χ1) is 14.1. The fraction of sp³-hybridized carbons (Fsp3) is 0.560. The zero-order valence-electron chi connectivity index (χ0n) is 18.5. The second kappa shape index (κ2) is 9.15. The number of allylic oxidation sites excluding steroid dienone is 2. The van der Waals surface area contributed by atoms with E-state index in [1.165, 1.54) is 0 Å². The Bertz CT molecular complexity index is 830. The van der Waals surface area contributed by atoms with Gasteiger partial charge in [0.05, 0.1) is 24.9 Å². The van der Waals surface area contributed by atoms with Crippen LogP contribution in [0.4, 0.5) is 0 Å². The molecule has 0 aromatic carbocycles. The number of carbonyl (C=O) groups is 1. The van der Waals surface area contributed by atoms with Crippen LogP contribution < -0.4 is 0 Å². The van der Waals surface area contributed by atoms with Gasteiger partial charge < -0.3 is 19.7 Å². The zero-order valence-corrected chi connectivity index (χ0v) is 18.5. The Labute approximate surface area is 179 Å². The lowest BCUT2D eigenvalue weighted by molar-refractivity contribution is -0.224. The van der Waals surface area contributed by atoms with Crippen molar-refractivity contribution in [1.29, 1.82) is 0 Å². The van der Waals surface area contributed by atoms with Crippen LogP contribution in [0.5, 0.6) is 0 Å². The number of aliphatic hydroxyl groups excluding tert-OH is 2. The largest absolute Gasteiger partial charge is 0.392 e. The number of ether oxygens (including phenoxy) is 2. The first-order valence-corrected chi connectivity index (χ1v) is 10.7. The van der Waals surface area contributed by atoms with E-state index in [1.807, 2.05) is 39.0 Å². The third kappa shape index (κ3) is 5.09. The minimum absolute atomic E-state index is 0.0971. The lowest BCUT2D eigenvalue weighted by Gasteiger charge is -2.45. The van der Waals surface area contributed by atoms with Crippen LogP contribution in [0.25, 0.3) is 0 Å². The van der Waals surface area contributed by atoms with E-state index in [1.54, 1.807) is 0 Å². The molecule has 3 rings (SSSR count). The molecule has 1 aliphatic carbocycles. The predicted octanol–water partition coefficient (Wildman–Crippen LogP) is 3.93. The number of ketones is 1. The maximum Gasteiger partial charge on any atom is 0.209 e. The number of fused-ring (bicyclic) bond motifs is 1. The van der Waals surface area contributed by atoms with Crippen molar-refractivity contribution >= 4 is 5.78 Å². The Hall–Kier alpha value is -1.79. The average molecular weight is 415 g/mol. The summed E-state index contributed by atoms with van der Waals surface area (Å²) in [4.78, 5) is 12.1. The molecule has 2 heterocycles. The van der Waals surface area contributed by atoms with Crippen molar-refractivity contribution in [2.75, 3.05) is 6.61 Å². The Morgan fingerprint density at radius 2 is 2.03 bits per heavy atom. The summed E-state index contributed by atoms with van der Waals surface area (Å²) in [7, 11) is 0. The van der Waals surface area contributed by atoms with Crippen LogP contribution in [0.3, 0.4) is 0 Å². The van der Waals surface area contributed by atoms with Gasteiger partial charge in [0.2, 0.25) is 5.79 Å². The fourth-order valence-corrected chi connectivity index (χ4v) is 4.44. The molecule has 0 aromatic heterocycles. The molecule has 0 bridgehead atoms. The molecule has 1 spiro atoms. The Kier molecular flexibility index (Phi) is 6.98. The van der Waals surface area contributed by atoms with Gasteiger partial charge in [-0.05, 0) is 76.3 Å². The van der Waals surface area contributed by atoms with Crippen molar-refractivity contribution < 1.29 is 24.5 Å². The minimum atomic E-state index is -1.04. The molecule has 0 fully saturated rings. The quantitative estimate of drug-likeness (QED) is 0.644. The lowest BCUT2D eigenvalue weighted by Crippen LogP contribution is -2.49. The Balaban J connectivity index is 1.81. The van der Waals surface area contributed by atoms with E-state index in [-0.39, 0.29) is 30.5 Å². The van der Waals surface area contributed by atoms with Gasteiger partial charge in [-0.15, -0.1) is 0 Å². The van der Waals surface area contributed by atoms with E-state index < -0.39 is 11.9 Å². The first kappa shape index (κ1) is 22.9. The molecule has 5 heteroatoms. The summed E-state index contributed by atoms with van der Waals surface area (Å²) in [6.07, 6.45) is 9.32. The first-order valence-electron chi connectivity index (χ1n) is 10.7. The minimum Gasteiger partial charge on any atom is -0.392 e. The van der Waals surface area contributed by atoms with Gasteiger partial charge in [0.1, 0.15) is 0 Å². The van der Waals surface area contributed by atoms with Crippen molar-refractivity contribution in [2.45, 2.75) is 77.5 Å². The molecule has 0 saturated carbocycles. The number of hydrogen-bond donors (Lipinski definition) is 2. The van der Waals surface area contributed by atoms with Crippen LogP contribution in [0.2, 0.25) is 0 Å². The van der Waals surface area contributed by atoms with Crippen molar-refractivity contribution in [2.24, 2.45) is 5.92 Å². The monoisotopic (exact) mass is 414 g/mol. The molecule has 0 radical (unpaired) electrons. The third-order valence-corrected chi connectivity index (χ3v) is 6.18. The molecule has 1 unspecified atom stereocenters. The number of Topliss-reactive ketones (excluding diaryl/α,β-unsaturated/α-hetero) is 1. The van der Waals surface area contributed by atoms with Gasteiger partial charge in [-0.1, -0.05) is 29.4 Å². The van der Waals surface area contributed by atoms with E-state index in [0.29, 0.717) is 18.4 Å². The van der Waals surface area contributed by atoms with Gasteiger partial charge >= 0.3 is 0 Å². The summed E-state index contributed by atoms with van der Waals surface area (Å²) in [5.41, 5.74) is 4.56. The second-order valence-electron chi connectivity index (χ2n) is 9.03.